The first-order chi connectivity index (χ1) is 8.90. The van der Waals surface area contributed by atoms with E-state index in [1.54, 1.807) is 36.0 Å². The molecule has 0 atom stereocenters. The van der Waals surface area contributed by atoms with E-state index in [0.29, 0.717) is 21.4 Å². The van der Waals surface area contributed by atoms with Crippen LogP contribution in [0.2, 0.25) is 10.0 Å². The molecule has 1 N–H and O–H groups in total. The Hall–Kier alpha value is -0.970. The van der Waals surface area contributed by atoms with Gasteiger partial charge in [-0.25, -0.2) is 0 Å². The number of halogens is 3. The molecule has 100 valence electrons. The molecule has 0 spiro atoms. The molecule has 2 aromatic rings. The van der Waals surface area contributed by atoms with Crippen LogP contribution in [0.3, 0.4) is 0 Å². The molecular weight excluding hydrogens is 351 g/mol. The van der Waals surface area contributed by atoms with Crippen molar-refractivity contribution in [3.63, 3.8) is 0 Å². The van der Waals surface area contributed by atoms with Crippen LogP contribution >= 0.6 is 39.1 Å². The molecule has 6 heteroatoms. The summed E-state index contributed by atoms with van der Waals surface area (Å²) in [6, 6.07) is 5.24. The molecule has 1 heterocycles. The van der Waals surface area contributed by atoms with Gasteiger partial charge in [-0.3, -0.25) is 4.79 Å². The summed E-state index contributed by atoms with van der Waals surface area (Å²) >= 11 is 15.5. The van der Waals surface area contributed by atoms with Crippen LogP contribution in [0, 0.1) is 6.92 Å². The number of aryl methyl sites for hydroxylation is 2. The standard InChI is InChI=1S/C13H11BrCl2N2O/c1-7-3-4-9(15)12(11(7)16)17-13(19)10-5-8(14)6-18(10)2/h3-6H,1-2H3,(H,17,19). The Labute approximate surface area is 129 Å². The lowest BCUT2D eigenvalue weighted by Gasteiger charge is -2.11. The second-order valence-electron chi connectivity index (χ2n) is 4.16. The van der Waals surface area contributed by atoms with Gasteiger partial charge in [-0.15, -0.1) is 0 Å². The van der Waals surface area contributed by atoms with Crippen LogP contribution in [0.25, 0.3) is 0 Å². The Balaban J connectivity index is 2.34. The van der Waals surface area contributed by atoms with Crippen molar-refractivity contribution >= 4 is 50.7 Å². The fourth-order valence-corrected chi connectivity index (χ4v) is 2.69. The smallest absolute Gasteiger partial charge is 0.272 e. The zero-order chi connectivity index (χ0) is 14.2. The van der Waals surface area contributed by atoms with E-state index in [2.05, 4.69) is 21.2 Å². The monoisotopic (exact) mass is 360 g/mol. The maximum Gasteiger partial charge on any atom is 0.272 e. The highest BCUT2D eigenvalue weighted by Crippen LogP contribution is 2.33. The van der Waals surface area contributed by atoms with Crippen molar-refractivity contribution in [3.05, 3.63) is 50.2 Å². The van der Waals surface area contributed by atoms with Gasteiger partial charge in [0.2, 0.25) is 0 Å². The van der Waals surface area contributed by atoms with Crippen LogP contribution in [0.4, 0.5) is 5.69 Å². The molecule has 1 aromatic carbocycles. The maximum absolute atomic E-state index is 12.2. The third-order valence-electron chi connectivity index (χ3n) is 2.73. The molecule has 0 aliphatic heterocycles. The van der Waals surface area contributed by atoms with Crippen LogP contribution in [0.5, 0.6) is 0 Å². The van der Waals surface area contributed by atoms with E-state index in [1.165, 1.54) is 0 Å². The van der Waals surface area contributed by atoms with Crippen molar-refractivity contribution in [1.29, 1.82) is 0 Å². The molecule has 0 unspecified atom stereocenters. The van der Waals surface area contributed by atoms with E-state index in [9.17, 15) is 4.79 Å². The lowest BCUT2D eigenvalue weighted by atomic mass is 10.2. The molecule has 0 fully saturated rings. The summed E-state index contributed by atoms with van der Waals surface area (Å²) in [5.41, 5.74) is 1.81. The molecule has 2 rings (SSSR count). The average molecular weight is 362 g/mol. The topological polar surface area (TPSA) is 34.0 Å². The zero-order valence-corrected chi connectivity index (χ0v) is 13.4. The number of anilines is 1. The van der Waals surface area contributed by atoms with Gasteiger partial charge in [-0.05, 0) is 40.5 Å². The van der Waals surface area contributed by atoms with Gasteiger partial charge in [0.1, 0.15) is 5.69 Å². The van der Waals surface area contributed by atoms with Gasteiger partial charge < -0.3 is 9.88 Å². The van der Waals surface area contributed by atoms with Crippen molar-refractivity contribution in [3.8, 4) is 0 Å². The molecule has 1 amide bonds. The first-order valence-corrected chi connectivity index (χ1v) is 7.03. The highest BCUT2D eigenvalue weighted by atomic mass is 79.9. The van der Waals surface area contributed by atoms with E-state index in [1.807, 2.05) is 6.92 Å². The quantitative estimate of drug-likeness (QED) is 0.829. The van der Waals surface area contributed by atoms with Gasteiger partial charge in [0, 0.05) is 17.7 Å². The minimum atomic E-state index is -0.261. The summed E-state index contributed by atoms with van der Waals surface area (Å²) in [4.78, 5) is 12.2. The summed E-state index contributed by atoms with van der Waals surface area (Å²) in [6.45, 7) is 1.85. The second-order valence-corrected chi connectivity index (χ2v) is 5.86. The predicted molar refractivity (Wildman–Crippen MR) is 82.3 cm³/mol. The van der Waals surface area contributed by atoms with Gasteiger partial charge in [0.15, 0.2) is 0 Å². The predicted octanol–water partition coefficient (Wildman–Crippen LogP) is 4.66. The summed E-state index contributed by atoms with van der Waals surface area (Å²) in [5, 5.41) is 3.61. The molecule has 0 saturated carbocycles. The highest BCUT2D eigenvalue weighted by Gasteiger charge is 2.15. The van der Waals surface area contributed by atoms with Crippen molar-refractivity contribution in [1.82, 2.24) is 4.57 Å². The number of carbonyl (C=O) groups is 1. The van der Waals surface area contributed by atoms with Gasteiger partial charge in [0.05, 0.1) is 15.7 Å². The normalized spacial score (nSPS) is 10.6. The van der Waals surface area contributed by atoms with Gasteiger partial charge in [0.25, 0.3) is 5.91 Å². The largest absolute Gasteiger partial charge is 0.345 e. The molecule has 0 bridgehead atoms. The number of nitrogens with one attached hydrogen (secondary N) is 1. The number of carbonyl (C=O) groups excluding carboxylic acids is 1. The van der Waals surface area contributed by atoms with Crippen LogP contribution in [0.15, 0.2) is 28.9 Å². The Kier molecular flexibility index (Phi) is 4.23. The summed E-state index contributed by atoms with van der Waals surface area (Å²) in [6.07, 6.45) is 1.80. The second kappa shape index (κ2) is 5.57. The molecule has 0 aliphatic rings. The van der Waals surface area contributed by atoms with Gasteiger partial charge in [-0.1, -0.05) is 29.3 Å². The third-order valence-corrected chi connectivity index (χ3v) is 3.96. The number of hydrogen-bond acceptors (Lipinski definition) is 1. The Bertz CT molecular complexity index is 652. The first-order valence-electron chi connectivity index (χ1n) is 5.48. The van der Waals surface area contributed by atoms with Crippen LogP contribution in [-0.4, -0.2) is 10.5 Å². The number of nitrogens with zero attached hydrogens (tertiary/aromatic N) is 1. The Morgan fingerprint density at radius 2 is 2.05 bits per heavy atom. The van der Waals surface area contributed by atoms with E-state index >= 15 is 0 Å². The van der Waals surface area contributed by atoms with Crippen molar-refractivity contribution in [2.45, 2.75) is 6.92 Å². The van der Waals surface area contributed by atoms with Crippen LogP contribution < -0.4 is 5.32 Å². The minimum absolute atomic E-state index is 0.261. The van der Waals surface area contributed by atoms with Crippen molar-refractivity contribution in [2.75, 3.05) is 5.32 Å². The Morgan fingerprint density at radius 1 is 1.37 bits per heavy atom. The van der Waals surface area contributed by atoms with Crippen molar-refractivity contribution in [2.24, 2.45) is 7.05 Å². The number of aromatic nitrogens is 1. The average Bonchev–Trinajstić information content (AvgIpc) is 2.69. The van der Waals surface area contributed by atoms with Gasteiger partial charge >= 0.3 is 0 Å². The Morgan fingerprint density at radius 3 is 2.63 bits per heavy atom. The van der Waals surface area contributed by atoms with Crippen molar-refractivity contribution < 1.29 is 4.79 Å². The van der Waals surface area contributed by atoms with E-state index in [4.69, 9.17) is 23.2 Å². The van der Waals surface area contributed by atoms with E-state index in [-0.39, 0.29) is 5.91 Å². The molecular formula is C13H11BrCl2N2O. The lowest BCUT2D eigenvalue weighted by molar-refractivity contribution is 0.101. The lowest BCUT2D eigenvalue weighted by Crippen LogP contribution is -2.16. The number of rotatable bonds is 2. The van der Waals surface area contributed by atoms with E-state index in [0.717, 1.165) is 10.0 Å². The molecule has 3 nitrogen and oxygen atoms in total. The summed E-state index contributed by atoms with van der Waals surface area (Å²) in [7, 11) is 1.79. The molecule has 1 aromatic heterocycles. The molecule has 19 heavy (non-hydrogen) atoms. The number of benzene rings is 1. The number of hydrogen-bond donors (Lipinski definition) is 1. The maximum atomic E-state index is 12.2. The molecule has 0 saturated heterocycles. The fraction of sp³-hybridized carbons (Fsp3) is 0.154. The van der Waals surface area contributed by atoms with Gasteiger partial charge in [-0.2, -0.15) is 0 Å². The van der Waals surface area contributed by atoms with Crippen LogP contribution in [0.1, 0.15) is 16.1 Å². The zero-order valence-electron chi connectivity index (χ0n) is 10.3. The van der Waals surface area contributed by atoms with E-state index < -0.39 is 0 Å². The summed E-state index contributed by atoms with van der Waals surface area (Å²) in [5.74, 6) is -0.261. The minimum Gasteiger partial charge on any atom is -0.345 e. The molecule has 0 radical (unpaired) electrons. The number of amides is 1. The summed E-state index contributed by atoms with van der Waals surface area (Å²) < 4.78 is 2.55. The highest BCUT2D eigenvalue weighted by molar-refractivity contribution is 9.10. The van der Waals surface area contributed by atoms with Crippen LogP contribution in [-0.2, 0) is 7.05 Å². The SMILES string of the molecule is Cc1ccc(Cl)c(NC(=O)c2cc(Br)cn2C)c1Cl. The third kappa shape index (κ3) is 2.96. The fourth-order valence-electron chi connectivity index (χ4n) is 1.70. The molecule has 0 aliphatic carbocycles. The first kappa shape index (κ1) is 14.4.